The van der Waals surface area contributed by atoms with Crippen molar-refractivity contribution < 1.29 is 4.74 Å². The third-order valence-corrected chi connectivity index (χ3v) is 3.85. The molecule has 1 atom stereocenters. The highest BCUT2D eigenvalue weighted by molar-refractivity contribution is 5.83. The molecule has 0 amide bonds. The van der Waals surface area contributed by atoms with Crippen LogP contribution in [-0.4, -0.2) is 18.7 Å². The molecule has 1 aliphatic carbocycles. The molecule has 1 aliphatic rings. The van der Waals surface area contributed by atoms with Crippen molar-refractivity contribution in [1.29, 1.82) is 0 Å². The summed E-state index contributed by atoms with van der Waals surface area (Å²) in [5, 5.41) is 6.09. The highest BCUT2D eigenvalue weighted by Gasteiger charge is 2.22. The molecule has 0 aromatic heterocycles. The van der Waals surface area contributed by atoms with Crippen molar-refractivity contribution in [3.63, 3.8) is 0 Å². The molecule has 0 spiro atoms. The zero-order valence-electron chi connectivity index (χ0n) is 12.1. The largest absolute Gasteiger partial charge is 0.489 e. The minimum absolute atomic E-state index is 0.279. The van der Waals surface area contributed by atoms with Crippen molar-refractivity contribution in [3.8, 4) is 5.75 Å². The predicted molar refractivity (Wildman–Crippen MR) is 84.3 cm³/mol. The summed E-state index contributed by atoms with van der Waals surface area (Å²) < 4.78 is 6.18. The first-order valence-electron chi connectivity index (χ1n) is 7.74. The molecule has 2 aromatic rings. The maximum atomic E-state index is 6.18. The summed E-state index contributed by atoms with van der Waals surface area (Å²) in [6.07, 6.45) is 5.20. The van der Waals surface area contributed by atoms with Crippen LogP contribution in [0, 0.1) is 0 Å². The third kappa shape index (κ3) is 3.51. The molecule has 20 heavy (non-hydrogen) atoms. The van der Waals surface area contributed by atoms with Crippen LogP contribution in [-0.2, 0) is 0 Å². The van der Waals surface area contributed by atoms with Crippen LogP contribution in [0.15, 0.2) is 42.5 Å². The molecule has 2 heteroatoms. The van der Waals surface area contributed by atoms with Crippen LogP contribution in [0.4, 0.5) is 0 Å². The first-order valence-corrected chi connectivity index (χ1v) is 7.74. The summed E-state index contributed by atoms with van der Waals surface area (Å²) in [5.41, 5.74) is 0. The van der Waals surface area contributed by atoms with E-state index in [-0.39, 0.29) is 6.10 Å². The van der Waals surface area contributed by atoms with Gasteiger partial charge in [0.2, 0.25) is 0 Å². The van der Waals surface area contributed by atoms with E-state index >= 15 is 0 Å². The summed E-state index contributed by atoms with van der Waals surface area (Å²) in [7, 11) is 0. The van der Waals surface area contributed by atoms with Crippen molar-refractivity contribution in [2.24, 2.45) is 0 Å². The fourth-order valence-corrected chi connectivity index (χ4v) is 2.54. The van der Waals surface area contributed by atoms with Crippen LogP contribution in [0.1, 0.15) is 32.6 Å². The highest BCUT2D eigenvalue weighted by Crippen LogP contribution is 2.23. The van der Waals surface area contributed by atoms with E-state index in [0.717, 1.165) is 31.2 Å². The van der Waals surface area contributed by atoms with Gasteiger partial charge in [-0.3, -0.25) is 0 Å². The monoisotopic (exact) mass is 269 g/mol. The molecule has 0 heterocycles. The van der Waals surface area contributed by atoms with Crippen LogP contribution >= 0.6 is 0 Å². The lowest BCUT2D eigenvalue weighted by atomic mass is 10.1. The van der Waals surface area contributed by atoms with E-state index in [2.05, 4.69) is 54.7 Å². The van der Waals surface area contributed by atoms with Gasteiger partial charge in [0.05, 0.1) is 0 Å². The van der Waals surface area contributed by atoms with Crippen LogP contribution in [0.2, 0.25) is 0 Å². The average molecular weight is 269 g/mol. The summed E-state index contributed by atoms with van der Waals surface area (Å²) >= 11 is 0. The Labute approximate surface area is 121 Å². The number of hydrogen-bond donors (Lipinski definition) is 1. The van der Waals surface area contributed by atoms with E-state index in [9.17, 15) is 0 Å². The standard InChI is InChI=1S/C18H23NO/c1-2-5-18(13-19-16-9-10-16)20-17-11-8-14-6-3-4-7-15(14)12-17/h3-4,6-8,11-12,16,18-19H,2,5,9-10,13H2,1H3. The van der Waals surface area contributed by atoms with Gasteiger partial charge in [0.1, 0.15) is 11.9 Å². The quantitative estimate of drug-likeness (QED) is 0.815. The van der Waals surface area contributed by atoms with Gasteiger partial charge >= 0.3 is 0 Å². The maximum absolute atomic E-state index is 6.18. The first-order chi connectivity index (χ1) is 9.85. The van der Waals surface area contributed by atoms with Gasteiger partial charge < -0.3 is 10.1 Å². The molecule has 1 N–H and O–H groups in total. The molecule has 1 unspecified atom stereocenters. The number of hydrogen-bond acceptors (Lipinski definition) is 2. The lowest BCUT2D eigenvalue weighted by molar-refractivity contribution is 0.186. The summed E-state index contributed by atoms with van der Waals surface area (Å²) in [6, 6.07) is 15.5. The van der Waals surface area contributed by atoms with Gasteiger partial charge in [-0.05, 0) is 42.2 Å². The van der Waals surface area contributed by atoms with Gasteiger partial charge in [-0.25, -0.2) is 0 Å². The molecule has 2 nitrogen and oxygen atoms in total. The molecule has 3 rings (SSSR count). The Hall–Kier alpha value is -1.54. The van der Waals surface area contributed by atoms with Crippen molar-refractivity contribution >= 4 is 10.8 Å². The fourth-order valence-electron chi connectivity index (χ4n) is 2.54. The van der Waals surface area contributed by atoms with Gasteiger partial charge in [0.15, 0.2) is 0 Å². The molecule has 1 saturated carbocycles. The summed E-state index contributed by atoms with van der Waals surface area (Å²) in [6.45, 7) is 3.18. The number of benzene rings is 2. The molecule has 106 valence electrons. The van der Waals surface area contributed by atoms with Gasteiger partial charge in [-0.2, -0.15) is 0 Å². The molecule has 0 bridgehead atoms. The maximum Gasteiger partial charge on any atom is 0.120 e. The predicted octanol–water partition coefficient (Wildman–Crippen LogP) is 4.14. The molecule has 0 aliphatic heterocycles. The zero-order valence-corrected chi connectivity index (χ0v) is 12.1. The van der Waals surface area contributed by atoms with Crippen LogP contribution in [0.3, 0.4) is 0 Å². The van der Waals surface area contributed by atoms with E-state index in [4.69, 9.17) is 4.74 Å². The lowest BCUT2D eigenvalue weighted by Crippen LogP contribution is -2.32. The summed E-state index contributed by atoms with van der Waals surface area (Å²) in [4.78, 5) is 0. The van der Waals surface area contributed by atoms with Gasteiger partial charge in [-0.1, -0.05) is 43.7 Å². The van der Waals surface area contributed by atoms with Gasteiger partial charge in [0.25, 0.3) is 0 Å². The third-order valence-electron chi connectivity index (χ3n) is 3.85. The Bertz CT molecular complexity index is 562. The first kappa shape index (κ1) is 13.4. The van der Waals surface area contributed by atoms with Crippen LogP contribution in [0.5, 0.6) is 5.75 Å². The highest BCUT2D eigenvalue weighted by atomic mass is 16.5. The summed E-state index contributed by atoms with van der Waals surface area (Å²) in [5.74, 6) is 0.986. The van der Waals surface area contributed by atoms with Crippen molar-refractivity contribution in [2.75, 3.05) is 6.54 Å². The molecule has 0 radical (unpaired) electrons. The number of fused-ring (bicyclic) bond motifs is 1. The Morgan fingerprint density at radius 3 is 2.70 bits per heavy atom. The fraction of sp³-hybridized carbons (Fsp3) is 0.444. The lowest BCUT2D eigenvalue weighted by Gasteiger charge is -2.19. The molecule has 1 fully saturated rings. The topological polar surface area (TPSA) is 21.3 Å². The van der Waals surface area contributed by atoms with E-state index in [0.29, 0.717) is 0 Å². The van der Waals surface area contributed by atoms with E-state index in [1.165, 1.54) is 23.6 Å². The van der Waals surface area contributed by atoms with E-state index in [1.807, 2.05) is 0 Å². The van der Waals surface area contributed by atoms with Crippen molar-refractivity contribution in [1.82, 2.24) is 5.32 Å². The van der Waals surface area contributed by atoms with E-state index in [1.54, 1.807) is 0 Å². The van der Waals surface area contributed by atoms with Crippen molar-refractivity contribution in [3.05, 3.63) is 42.5 Å². The SMILES string of the molecule is CCCC(CNC1CC1)Oc1ccc2ccccc2c1. The minimum atomic E-state index is 0.279. The number of nitrogens with one attached hydrogen (secondary N) is 1. The molecule has 0 saturated heterocycles. The molecule has 2 aromatic carbocycles. The van der Waals surface area contributed by atoms with Crippen LogP contribution < -0.4 is 10.1 Å². The number of rotatable bonds is 7. The van der Waals surface area contributed by atoms with Gasteiger partial charge in [0, 0.05) is 12.6 Å². The molecular weight excluding hydrogens is 246 g/mol. The Balaban J connectivity index is 1.67. The van der Waals surface area contributed by atoms with E-state index < -0.39 is 0 Å². The second-order valence-electron chi connectivity index (χ2n) is 5.72. The van der Waals surface area contributed by atoms with Crippen LogP contribution in [0.25, 0.3) is 10.8 Å². The normalized spacial score (nSPS) is 16.2. The second kappa shape index (κ2) is 6.27. The zero-order chi connectivity index (χ0) is 13.8. The molecular formula is C18H23NO. The Morgan fingerprint density at radius 2 is 1.95 bits per heavy atom. The van der Waals surface area contributed by atoms with Crippen molar-refractivity contribution in [2.45, 2.75) is 44.8 Å². The number of ether oxygens (including phenoxy) is 1. The second-order valence-corrected chi connectivity index (χ2v) is 5.72. The van der Waals surface area contributed by atoms with Gasteiger partial charge in [-0.15, -0.1) is 0 Å². The Morgan fingerprint density at radius 1 is 1.15 bits per heavy atom. The Kier molecular flexibility index (Phi) is 4.22. The minimum Gasteiger partial charge on any atom is -0.489 e. The smallest absolute Gasteiger partial charge is 0.120 e. The average Bonchev–Trinajstić information content (AvgIpc) is 3.29.